The fourth-order valence-corrected chi connectivity index (χ4v) is 2.06. The third-order valence-corrected chi connectivity index (χ3v) is 3.01. The van der Waals surface area contributed by atoms with Crippen LogP contribution in [0.1, 0.15) is 18.9 Å². The van der Waals surface area contributed by atoms with Crippen LogP contribution < -0.4 is 5.73 Å². The summed E-state index contributed by atoms with van der Waals surface area (Å²) in [6.07, 6.45) is 0.542. The van der Waals surface area contributed by atoms with Crippen molar-refractivity contribution in [2.45, 2.75) is 25.9 Å². The Hall–Kier alpha value is -1.05. The molecule has 1 atom stereocenters. The maximum atomic E-state index is 8.64. The first-order chi connectivity index (χ1) is 7.52. The number of rotatable bonds is 4. The van der Waals surface area contributed by atoms with Crippen LogP contribution in [-0.2, 0) is 6.54 Å². The van der Waals surface area contributed by atoms with Crippen LogP contribution in [0.25, 0.3) is 0 Å². The zero-order valence-corrected chi connectivity index (χ0v) is 11.2. The van der Waals surface area contributed by atoms with Gasteiger partial charge in [0, 0.05) is 22.7 Å². The average molecular weight is 282 g/mol. The molecule has 0 bridgehead atoms. The maximum absolute atomic E-state index is 8.64. The molecule has 0 aliphatic heterocycles. The summed E-state index contributed by atoms with van der Waals surface area (Å²) in [7, 11) is 2.01. The van der Waals surface area contributed by atoms with Gasteiger partial charge in [-0.1, -0.05) is 15.9 Å². The standard InChI is InChI=1S/C12H16BrN3/c1-9(3-4-14)16(2)8-10-5-11(13)7-12(15)6-10/h5-7,9H,3,8,15H2,1-2H3. The van der Waals surface area contributed by atoms with Gasteiger partial charge in [0.15, 0.2) is 0 Å². The summed E-state index contributed by atoms with van der Waals surface area (Å²) >= 11 is 3.42. The molecule has 0 aliphatic carbocycles. The number of nitriles is 1. The van der Waals surface area contributed by atoms with E-state index < -0.39 is 0 Å². The first kappa shape index (κ1) is 13.0. The minimum absolute atomic E-state index is 0.255. The summed E-state index contributed by atoms with van der Waals surface area (Å²) in [5.41, 5.74) is 7.68. The fourth-order valence-electron chi connectivity index (χ4n) is 1.50. The number of nitrogens with zero attached hydrogens (tertiary/aromatic N) is 2. The third kappa shape index (κ3) is 3.84. The van der Waals surface area contributed by atoms with E-state index in [0.29, 0.717) is 6.42 Å². The Bertz CT molecular complexity index is 377. The molecule has 2 N–H and O–H groups in total. The highest BCUT2D eigenvalue weighted by molar-refractivity contribution is 9.10. The van der Waals surface area contributed by atoms with Gasteiger partial charge in [-0.15, -0.1) is 0 Å². The lowest BCUT2D eigenvalue weighted by atomic mass is 10.1. The first-order valence-corrected chi connectivity index (χ1v) is 5.94. The quantitative estimate of drug-likeness (QED) is 0.864. The number of benzene rings is 1. The zero-order valence-electron chi connectivity index (χ0n) is 9.57. The number of hydrogen-bond donors (Lipinski definition) is 1. The molecule has 1 aromatic rings. The summed E-state index contributed by atoms with van der Waals surface area (Å²) in [5, 5.41) is 8.64. The number of halogens is 1. The van der Waals surface area contributed by atoms with Crippen LogP contribution in [0.3, 0.4) is 0 Å². The topological polar surface area (TPSA) is 53.0 Å². The van der Waals surface area contributed by atoms with Crippen molar-refractivity contribution in [2.24, 2.45) is 0 Å². The summed E-state index contributed by atoms with van der Waals surface area (Å²) in [5.74, 6) is 0. The summed E-state index contributed by atoms with van der Waals surface area (Å²) < 4.78 is 0.990. The van der Waals surface area contributed by atoms with Gasteiger partial charge in [0.25, 0.3) is 0 Å². The number of nitrogens with two attached hydrogens (primary N) is 1. The van der Waals surface area contributed by atoms with Gasteiger partial charge >= 0.3 is 0 Å². The second-order valence-electron chi connectivity index (χ2n) is 4.02. The molecule has 0 aromatic heterocycles. The van der Waals surface area contributed by atoms with Gasteiger partial charge in [0.1, 0.15) is 0 Å². The Morgan fingerprint density at radius 3 is 2.75 bits per heavy atom. The number of hydrogen-bond acceptors (Lipinski definition) is 3. The van der Waals surface area contributed by atoms with E-state index in [-0.39, 0.29) is 6.04 Å². The van der Waals surface area contributed by atoms with Crippen molar-refractivity contribution < 1.29 is 0 Å². The molecule has 0 saturated heterocycles. The van der Waals surface area contributed by atoms with E-state index in [4.69, 9.17) is 11.0 Å². The van der Waals surface area contributed by atoms with Crippen LogP contribution >= 0.6 is 15.9 Å². The molecule has 0 saturated carbocycles. The van der Waals surface area contributed by atoms with Crippen LogP contribution in [0.15, 0.2) is 22.7 Å². The highest BCUT2D eigenvalue weighted by atomic mass is 79.9. The van der Waals surface area contributed by atoms with Gasteiger partial charge in [-0.25, -0.2) is 0 Å². The van der Waals surface area contributed by atoms with Gasteiger partial charge < -0.3 is 5.73 Å². The fraction of sp³-hybridized carbons (Fsp3) is 0.417. The van der Waals surface area contributed by atoms with Crippen LogP contribution in [0.2, 0.25) is 0 Å². The maximum Gasteiger partial charge on any atom is 0.0638 e. The van der Waals surface area contributed by atoms with Gasteiger partial charge in [0.2, 0.25) is 0 Å². The molecule has 86 valence electrons. The van der Waals surface area contributed by atoms with E-state index >= 15 is 0 Å². The van der Waals surface area contributed by atoms with Crippen molar-refractivity contribution in [1.82, 2.24) is 4.90 Å². The highest BCUT2D eigenvalue weighted by Crippen LogP contribution is 2.19. The number of anilines is 1. The van der Waals surface area contributed by atoms with E-state index in [1.54, 1.807) is 0 Å². The van der Waals surface area contributed by atoms with Crippen LogP contribution in [-0.4, -0.2) is 18.0 Å². The summed E-state index contributed by atoms with van der Waals surface area (Å²) in [6, 6.07) is 8.32. The lowest BCUT2D eigenvalue weighted by Gasteiger charge is -2.22. The Balaban J connectivity index is 2.69. The molecule has 4 heteroatoms. The molecule has 1 rings (SSSR count). The second-order valence-corrected chi connectivity index (χ2v) is 4.93. The largest absolute Gasteiger partial charge is 0.399 e. The Morgan fingerprint density at radius 2 is 2.19 bits per heavy atom. The average Bonchev–Trinajstić information content (AvgIpc) is 2.16. The van der Waals surface area contributed by atoms with E-state index in [9.17, 15) is 0 Å². The lowest BCUT2D eigenvalue weighted by molar-refractivity contribution is 0.252. The minimum Gasteiger partial charge on any atom is -0.399 e. The molecule has 1 aromatic carbocycles. The van der Waals surface area contributed by atoms with Crippen LogP contribution in [0, 0.1) is 11.3 Å². The molecule has 0 amide bonds. The van der Waals surface area contributed by atoms with Crippen molar-refractivity contribution in [3.63, 3.8) is 0 Å². The molecule has 0 heterocycles. The van der Waals surface area contributed by atoms with Crippen LogP contribution in [0.5, 0.6) is 0 Å². The van der Waals surface area contributed by atoms with Crippen molar-refractivity contribution in [3.05, 3.63) is 28.2 Å². The monoisotopic (exact) mass is 281 g/mol. The van der Waals surface area contributed by atoms with Gasteiger partial charge in [-0.3, -0.25) is 4.90 Å². The summed E-state index contributed by atoms with van der Waals surface area (Å²) in [4.78, 5) is 2.14. The third-order valence-electron chi connectivity index (χ3n) is 2.55. The molecule has 0 aliphatic rings. The predicted octanol–water partition coefficient (Wildman–Crippen LogP) is 2.77. The second kappa shape index (κ2) is 5.88. The molecule has 3 nitrogen and oxygen atoms in total. The van der Waals surface area contributed by atoms with Crippen molar-refractivity contribution in [2.75, 3.05) is 12.8 Å². The molecule has 0 radical (unpaired) electrons. The molecule has 0 spiro atoms. The van der Waals surface area contributed by atoms with Crippen molar-refractivity contribution in [3.8, 4) is 6.07 Å². The Kier molecular flexibility index (Phi) is 4.78. The highest BCUT2D eigenvalue weighted by Gasteiger charge is 2.09. The Morgan fingerprint density at radius 1 is 1.50 bits per heavy atom. The zero-order chi connectivity index (χ0) is 12.1. The van der Waals surface area contributed by atoms with E-state index in [0.717, 1.165) is 22.3 Å². The van der Waals surface area contributed by atoms with E-state index in [2.05, 4.69) is 26.9 Å². The van der Waals surface area contributed by atoms with E-state index in [1.807, 2.05) is 32.2 Å². The molecular formula is C12H16BrN3. The van der Waals surface area contributed by atoms with E-state index in [1.165, 1.54) is 0 Å². The SMILES string of the molecule is CC(CC#N)N(C)Cc1cc(N)cc(Br)c1. The normalized spacial score (nSPS) is 12.4. The predicted molar refractivity (Wildman–Crippen MR) is 69.7 cm³/mol. The van der Waals surface area contributed by atoms with Gasteiger partial charge in [0.05, 0.1) is 12.5 Å². The smallest absolute Gasteiger partial charge is 0.0638 e. The molecule has 1 unspecified atom stereocenters. The Labute approximate surface area is 105 Å². The lowest BCUT2D eigenvalue weighted by Crippen LogP contribution is -2.28. The van der Waals surface area contributed by atoms with Crippen molar-refractivity contribution >= 4 is 21.6 Å². The number of nitrogen functional groups attached to an aromatic ring is 1. The van der Waals surface area contributed by atoms with Gasteiger partial charge in [-0.05, 0) is 37.7 Å². The minimum atomic E-state index is 0.255. The molecule has 16 heavy (non-hydrogen) atoms. The first-order valence-electron chi connectivity index (χ1n) is 5.15. The summed E-state index contributed by atoms with van der Waals surface area (Å²) in [6.45, 7) is 2.84. The van der Waals surface area contributed by atoms with Crippen molar-refractivity contribution in [1.29, 1.82) is 5.26 Å². The van der Waals surface area contributed by atoms with Crippen LogP contribution in [0.4, 0.5) is 5.69 Å². The molecule has 0 fully saturated rings. The molecular weight excluding hydrogens is 266 g/mol. The van der Waals surface area contributed by atoms with Gasteiger partial charge in [-0.2, -0.15) is 5.26 Å².